The highest BCUT2D eigenvalue weighted by Crippen LogP contribution is 2.27. The molecule has 2 heteroatoms. The van der Waals surface area contributed by atoms with E-state index in [1.54, 1.807) is 0 Å². The first-order valence-electron chi connectivity index (χ1n) is 6.36. The van der Waals surface area contributed by atoms with Crippen molar-refractivity contribution in [3.8, 4) is 11.8 Å². The van der Waals surface area contributed by atoms with Crippen LogP contribution >= 0.6 is 0 Å². The molecule has 1 saturated carbocycles. The molecular formula is C15H19NO. The summed E-state index contributed by atoms with van der Waals surface area (Å²) in [6.07, 6.45) is 5.19. The molecule has 2 nitrogen and oxygen atoms in total. The van der Waals surface area contributed by atoms with Crippen LogP contribution < -0.4 is 4.74 Å². The van der Waals surface area contributed by atoms with Crippen LogP contribution in [0.4, 0.5) is 0 Å². The number of hydrogen-bond acceptors (Lipinski definition) is 2. The van der Waals surface area contributed by atoms with E-state index in [0.29, 0.717) is 6.10 Å². The normalized spacial score (nSPS) is 24.1. The molecular weight excluding hydrogens is 210 g/mol. The molecule has 0 bridgehead atoms. The zero-order valence-corrected chi connectivity index (χ0v) is 10.6. The second-order valence-electron chi connectivity index (χ2n) is 5.09. The van der Waals surface area contributed by atoms with Crippen LogP contribution in [0.25, 0.3) is 0 Å². The van der Waals surface area contributed by atoms with Gasteiger partial charge in [0.25, 0.3) is 0 Å². The smallest absolute Gasteiger partial charge is 0.120 e. The summed E-state index contributed by atoms with van der Waals surface area (Å²) in [5, 5.41) is 8.87. The Bertz CT molecular complexity index is 425. The van der Waals surface area contributed by atoms with Gasteiger partial charge in [0, 0.05) is 0 Å². The quantitative estimate of drug-likeness (QED) is 0.772. The Morgan fingerprint density at radius 3 is 2.53 bits per heavy atom. The maximum atomic E-state index is 8.87. The standard InChI is InChI=1S/C15H19NO/c1-11-3-6-14(7-4-11)17-15-8-5-13(10-16)12(2)9-15/h5,8-9,11,14H,3-4,6-7H2,1-2H3. The molecule has 17 heavy (non-hydrogen) atoms. The summed E-state index contributed by atoms with van der Waals surface area (Å²) < 4.78 is 5.97. The molecule has 0 saturated heterocycles. The molecule has 1 fully saturated rings. The first kappa shape index (κ1) is 12.0. The maximum absolute atomic E-state index is 8.87. The van der Waals surface area contributed by atoms with Gasteiger partial charge in [-0.3, -0.25) is 0 Å². The summed E-state index contributed by atoms with van der Waals surface area (Å²) in [5.74, 6) is 1.75. The highest BCUT2D eigenvalue weighted by Gasteiger charge is 2.19. The molecule has 1 aliphatic carbocycles. The van der Waals surface area contributed by atoms with Gasteiger partial charge in [0.15, 0.2) is 0 Å². The van der Waals surface area contributed by atoms with Crippen LogP contribution in [0.3, 0.4) is 0 Å². The number of hydrogen-bond donors (Lipinski definition) is 0. The van der Waals surface area contributed by atoms with E-state index in [4.69, 9.17) is 10.00 Å². The zero-order valence-electron chi connectivity index (χ0n) is 10.6. The SMILES string of the molecule is Cc1cc(OC2CCC(C)CC2)ccc1C#N. The minimum atomic E-state index is 0.360. The fourth-order valence-electron chi connectivity index (χ4n) is 2.37. The molecule has 1 aromatic rings. The van der Waals surface area contributed by atoms with Gasteiger partial charge < -0.3 is 4.74 Å². The number of benzene rings is 1. The third-order valence-electron chi connectivity index (χ3n) is 3.58. The topological polar surface area (TPSA) is 33.0 Å². The fourth-order valence-corrected chi connectivity index (χ4v) is 2.37. The van der Waals surface area contributed by atoms with E-state index >= 15 is 0 Å². The van der Waals surface area contributed by atoms with Crippen LogP contribution in [0.1, 0.15) is 43.7 Å². The van der Waals surface area contributed by atoms with Crippen LogP contribution in [-0.2, 0) is 0 Å². The van der Waals surface area contributed by atoms with Crippen LogP contribution in [0, 0.1) is 24.2 Å². The molecule has 0 radical (unpaired) electrons. The molecule has 0 heterocycles. The predicted octanol–water partition coefficient (Wildman–Crippen LogP) is 3.82. The minimum absolute atomic E-state index is 0.360. The maximum Gasteiger partial charge on any atom is 0.120 e. The van der Waals surface area contributed by atoms with E-state index in [0.717, 1.165) is 35.6 Å². The third-order valence-corrected chi connectivity index (χ3v) is 3.58. The Hall–Kier alpha value is -1.49. The van der Waals surface area contributed by atoms with E-state index in [2.05, 4.69) is 13.0 Å². The Morgan fingerprint density at radius 2 is 1.94 bits per heavy atom. The summed E-state index contributed by atoms with van der Waals surface area (Å²) in [6, 6.07) is 7.89. The molecule has 0 atom stereocenters. The van der Waals surface area contributed by atoms with Crippen molar-refractivity contribution >= 4 is 0 Å². The van der Waals surface area contributed by atoms with E-state index in [-0.39, 0.29) is 0 Å². The monoisotopic (exact) mass is 229 g/mol. The number of aryl methyl sites for hydroxylation is 1. The molecule has 2 rings (SSSR count). The minimum Gasteiger partial charge on any atom is -0.490 e. The zero-order chi connectivity index (χ0) is 12.3. The van der Waals surface area contributed by atoms with Gasteiger partial charge in [-0.05, 0) is 62.3 Å². The molecule has 0 aliphatic heterocycles. The largest absolute Gasteiger partial charge is 0.490 e. The van der Waals surface area contributed by atoms with Crippen molar-refractivity contribution < 1.29 is 4.74 Å². The lowest BCUT2D eigenvalue weighted by Gasteiger charge is -2.27. The lowest BCUT2D eigenvalue weighted by Crippen LogP contribution is -2.23. The highest BCUT2D eigenvalue weighted by molar-refractivity contribution is 5.41. The second-order valence-corrected chi connectivity index (χ2v) is 5.09. The van der Waals surface area contributed by atoms with Gasteiger partial charge in [0.1, 0.15) is 5.75 Å². The van der Waals surface area contributed by atoms with E-state index in [1.165, 1.54) is 12.8 Å². The average Bonchev–Trinajstić information content (AvgIpc) is 2.32. The number of nitriles is 1. The van der Waals surface area contributed by atoms with Crippen molar-refractivity contribution in [2.45, 2.75) is 45.6 Å². The molecule has 0 N–H and O–H groups in total. The van der Waals surface area contributed by atoms with Gasteiger partial charge in [-0.15, -0.1) is 0 Å². The lowest BCUT2D eigenvalue weighted by atomic mass is 9.89. The highest BCUT2D eigenvalue weighted by atomic mass is 16.5. The fraction of sp³-hybridized carbons (Fsp3) is 0.533. The van der Waals surface area contributed by atoms with Crippen molar-refractivity contribution in [2.24, 2.45) is 5.92 Å². The average molecular weight is 229 g/mol. The Labute approximate surface area is 103 Å². The molecule has 0 aromatic heterocycles. The van der Waals surface area contributed by atoms with Crippen molar-refractivity contribution in [1.82, 2.24) is 0 Å². The first-order valence-corrected chi connectivity index (χ1v) is 6.36. The van der Waals surface area contributed by atoms with E-state index < -0.39 is 0 Å². The molecule has 1 aromatic carbocycles. The van der Waals surface area contributed by atoms with Gasteiger partial charge in [-0.1, -0.05) is 6.92 Å². The van der Waals surface area contributed by atoms with Crippen LogP contribution in [0.2, 0.25) is 0 Å². The molecule has 1 aliphatic rings. The van der Waals surface area contributed by atoms with Crippen LogP contribution in [0.15, 0.2) is 18.2 Å². The van der Waals surface area contributed by atoms with E-state index in [1.807, 2.05) is 25.1 Å². The Balaban J connectivity index is 2.00. The summed E-state index contributed by atoms with van der Waals surface area (Å²) in [4.78, 5) is 0. The number of rotatable bonds is 2. The lowest BCUT2D eigenvalue weighted by molar-refractivity contribution is 0.135. The Morgan fingerprint density at radius 1 is 1.24 bits per heavy atom. The number of ether oxygens (including phenoxy) is 1. The van der Waals surface area contributed by atoms with Crippen molar-refractivity contribution in [1.29, 1.82) is 5.26 Å². The second kappa shape index (κ2) is 5.23. The third kappa shape index (κ3) is 3.00. The summed E-state index contributed by atoms with van der Waals surface area (Å²) in [7, 11) is 0. The van der Waals surface area contributed by atoms with Gasteiger partial charge in [0.05, 0.1) is 17.7 Å². The van der Waals surface area contributed by atoms with Gasteiger partial charge in [0.2, 0.25) is 0 Å². The van der Waals surface area contributed by atoms with Crippen molar-refractivity contribution in [3.05, 3.63) is 29.3 Å². The van der Waals surface area contributed by atoms with Crippen molar-refractivity contribution in [2.75, 3.05) is 0 Å². The summed E-state index contributed by atoms with van der Waals surface area (Å²) in [6.45, 7) is 4.26. The van der Waals surface area contributed by atoms with Crippen LogP contribution in [0.5, 0.6) is 5.75 Å². The molecule has 90 valence electrons. The van der Waals surface area contributed by atoms with Crippen LogP contribution in [-0.4, -0.2) is 6.10 Å². The van der Waals surface area contributed by atoms with Gasteiger partial charge >= 0.3 is 0 Å². The Kier molecular flexibility index (Phi) is 3.68. The predicted molar refractivity (Wildman–Crippen MR) is 67.9 cm³/mol. The summed E-state index contributed by atoms with van der Waals surface area (Å²) in [5.41, 5.74) is 1.73. The molecule has 0 spiro atoms. The van der Waals surface area contributed by atoms with Gasteiger partial charge in [-0.25, -0.2) is 0 Å². The number of nitrogens with zero attached hydrogens (tertiary/aromatic N) is 1. The summed E-state index contributed by atoms with van der Waals surface area (Å²) >= 11 is 0. The van der Waals surface area contributed by atoms with Gasteiger partial charge in [-0.2, -0.15) is 5.26 Å². The molecule has 0 unspecified atom stereocenters. The molecule has 0 amide bonds. The first-order chi connectivity index (χ1) is 8.19. The van der Waals surface area contributed by atoms with E-state index in [9.17, 15) is 0 Å². The van der Waals surface area contributed by atoms with Crippen molar-refractivity contribution in [3.63, 3.8) is 0 Å².